The predicted molar refractivity (Wildman–Crippen MR) is 111 cm³/mol. The molecule has 25 heavy (non-hydrogen) atoms. The number of nitrogens with one attached hydrogen (secondary N) is 1. The molecule has 1 aliphatic carbocycles. The summed E-state index contributed by atoms with van der Waals surface area (Å²) in [6, 6.07) is 4.03. The molecule has 1 atom stereocenters. The molecule has 0 saturated heterocycles. The lowest BCUT2D eigenvalue weighted by Crippen LogP contribution is -2.33. The van der Waals surface area contributed by atoms with Crippen LogP contribution in [0.15, 0.2) is 28.9 Å². The minimum absolute atomic E-state index is 0.325. The van der Waals surface area contributed by atoms with Crippen molar-refractivity contribution in [3.8, 4) is 0 Å². The van der Waals surface area contributed by atoms with E-state index in [1.165, 1.54) is 45.9 Å². The summed E-state index contributed by atoms with van der Waals surface area (Å²) in [6.07, 6.45) is 3.42. The van der Waals surface area contributed by atoms with Crippen LogP contribution < -0.4 is 10.9 Å². The Labute approximate surface area is 154 Å². The molecule has 1 aromatic carbocycles. The molecule has 1 radical (unpaired) electrons. The van der Waals surface area contributed by atoms with Gasteiger partial charge < -0.3 is 0 Å². The minimum Gasteiger partial charge on any atom is -0.267 e. The van der Waals surface area contributed by atoms with Crippen molar-refractivity contribution in [3.05, 3.63) is 45.5 Å². The van der Waals surface area contributed by atoms with Crippen LogP contribution in [0.1, 0.15) is 68.9 Å². The van der Waals surface area contributed by atoms with Crippen LogP contribution in [-0.4, -0.2) is 14.7 Å². The number of allylic oxidation sites excluding steroid dienone is 4. The van der Waals surface area contributed by atoms with Crippen LogP contribution in [0.3, 0.4) is 0 Å². The zero-order valence-corrected chi connectivity index (χ0v) is 18.0. The van der Waals surface area contributed by atoms with Gasteiger partial charge in [-0.3, -0.25) is 10.5 Å². The first kappa shape index (κ1) is 19.7. The summed E-state index contributed by atoms with van der Waals surface area (Å²) in [4.78, 5) is 12.1. The predicted octanol–water partition coefficient (Wildman–Crippen LogP) is 4.91. The molecule has 1 N–H and O–H groups in total. The Hall–Kier alpha value is -1.61. The van der Waals surface area contributed by atoms with Gasteiger partial charge >= 0.3 is 0 Å². The highest BCUT2D eigenvalue weighted by molar-refractivity contribution is 6.72. The van der Waals surface area contributed by atoms with Gasteiger partial charge in [0.25, 0.3) is 5.91 Å². The third-order valence-corrected chi connectivity index (χ3v) is 7.68. The second kappa shape index (κ2) is 7.73. The quantitative estimate of drug-likeness (QED) is 0.669. The summed E-state index contributed by atoms with van der Waals surface area (Å²) in [6.45, 7) is 15.7. The lowest BCUT2D eigenvalue weighted by Gasteiger charge is -2.24. The molecule has 1 aromatic rings. The van der Waals surface area contributed by atoms with Crippen LogP contribution in [0.25, 0.3) is 5.57 Å². The number of carbonyl (C=O) groups is 1. The summed E-state index contributed by atoms with van der Waals surface area (Å²) in [7, 11) is -1.16. The van der Waals surface area contributed by atoms with Crippen LogP contribution in [0.2, 0.25) is 13.1 Å². The molecule has 0 bridgehead atoms. The first-order valence-electron chi connectivity index (χ1n) is 9.52. The van der Waals surface area contributed by atoms with Crippen molar-refractivity contribution in [2.45, 2.75) is 67.0 Å². The minimum atomic E-state index is -1.16. The van der Waals surface area contributed by atoms with Gasteiger partial charge in [-0.15, -0.1) is 0 Å². The van der Waals surface area contributed by atoms with Gasteiger partial charge in [-0.25, -0.2) is 0 Å². The van der Waals surface area contributed by atoms with Gasteiger partial charge in [0.1, 0.15) is 0 Å². The summed E-state index contributed by atoms with van der Waals surface area (Å²) in [5, 5.41) is 1.41. The normalized spacial score (nSPS) is 17.8. The van der Waals surface area contributed by atoms with Crippen LogP contribution in [0.5, 0.6) is 0 Å². The molecule has 1 amide bonds. The molecule has 1 aliphatic rings. The van der Waals surface area contributed by atoms with Crippen LogP contribution in [0, 0.1) is 5.92 Å². The average Bonchev–Trinajstić information content (AvgIpc) is 2.75. The van der Waals surface area contributed by atoms with E-state index in [0.717, 1.165) is 12.0 Å². The van der Waals surface area contributed by atoms with Crippen molar-refractivity contribution >= 4 is 25.5 Å². The summed E-state index contributed by atoms with van der Waals surface area (Å²) in [5.41, 5.74) is 16.3. The maximum absolute atomic E-state index is 12.1. The maximum Gasteiger partial charge on any atom is 0.270 e. The van der Waals surface area contributed by atoms with Gasteiger partial charge in [0.15, 0.2) is 0 Å². The van der Waals surface area contributed by atoms with Crippen molar-refractivity contribution in [2.24, 2.45) is 5.92 Å². The first-order valence-corrected chi connectivity index (χ1v) is 12.4. The second-order valence-corrected chi connectivity index (χ2v) is 10.6. The summed E-state index contributed by atoms with van der Waals surface area (Å²) < 4.78 is 0. The molecule has 0 spiro atoms. The van der Waals surface area contributed by atoms with E-state index in [1.807, 2.05) is 6.07 Å². The van der Waals surface area contributed by atoms with Gasteiger partial charge in [-0.05, 0) is 67.5 Å². The molecule has 0 saturated carbocycles. The van der Waals surface area contributed by atoms with Gasteiger partial charge in [-0.2, -0.15) is 0 Å². The Balaban J connectivity index is 2.80. The molecule has 0 fully saturated rings. The van der Waals surface area contributed by atoms with Crippen molar-refractivity contribution in [2.75, 3.05) is 0 Å². The Morgan fingerprint density at radius 2 is 1.80 bits per heavy atom. The maximum atomic E-state index is 12.1. The molecule has 0 aliphatic heterocycles. The molecular formula is C22H32NOSi. The van der Waals surface area contributed by atoms with Crippen molar-refractivity contribution < 1.29 is 4.79 Å². The van der Waals surface area contributed by atoms with E-state index in [-0.39, 0.29) is 0 Å². The van der Waals surface area contributed by atoms with Crippen LogP contribution in [-0.2, 0) is 6.42 Å². The van der Waals surface area contributed by atoms with E-state index in [1.54, 1.807) is 0 Å². The molecule has 0 heterocycles. The van der Waals surface area contributed by atoms with E-state index < -0.39 is 14.7 Å². The van der Waals surface area contributed by atoms with E-state index >= 15 is 0 Å². The Bertz CT molecular complexity index is 756. The molecule has 2 rings (SSSR count). The Kier molecular flexibility index (Phi) is 6.10. The molecule has 0 aromatic heterocycles. The molecular weight excluding hydrogens is 322 g/mol. The molecule has 3 heteroatoms. The first-order chi connectivity index (χ1) is 11.7. The number of unbranched alkanes of at least 4 members (excludes halogenated alkanes) is 1. The topological polar surface area (TPSA) is 40.9 Å². The lowest BCUT2D eigenvalue weighted by molar-refractivity contribution is 0.0992. The van der Waals surface area contributed by atoms with Crippen LogP contribution >= 0.6 is 0 Å². The van der Waals surface area contributed by atoms with Crippen LogP contribution in [0.4, 0.5) is 0 Å². The fourth-order valence-electron chi connectivity index (χ4n) is 4.15. The third-order valence-electron chi connectivity index (χ3n) is 5.87. The monoisotopic (exact) mass is 354 g/mol. The Morgan fingerprint density at radius 3 is 2.24 bits per heavy atom. The highest BCUT2D eigenvalue weighted by atomic mass is 28.3. The van der Waals surface area contributed by atoms with E-state index in [0.29, 0.717) is 11.5 Å². The number of rotatable bonds is 6. The standard InChI is InChI=1S/C22H32NOSi/c1-8-9-10-17-11-12-18(22(23)24)20(21(17)25(6)7)19-15(4)13(2)14(3)16(19)5/h11-12,15,23,25H,8-10H2,1-7H3. The summed E-state index contributed by atoms with van der Waals surface area (Å²) >= 11 is 0. The van der Waals surface area contributed by atoms with Gasteiger partial charge in [-0.1, -0.05) is 50.2 Å². The number of amides is 1. The number of hydrogen-bond acceptors (Lipinski definition) is 1. The van der Waals surface area contributed by atoms with Gasteiger partial charge in [0, 0.05) is 11.5 Å². The van der Waals surface area contributed by atoms with Crippen molar-refractivity contribution in [3.63, 3.8) is 0 Å². The number of carbonyl (C=O) groups excluding carboxylic acids is 1. The SMILES string of the molecule is CCCCc1ccc(C([NH])=O)c(C2=C(C)C(C)=C(C)C2C)c1[SiH](C)C. The van der Waals surface area contributed by atoms with Crippen molar-refractivity contribution in [1.82, 2.24) is 5.73 Å². The summed E-state index contributed by atoms with van der Waals surface area (Å²) in [5.74, 6) is -0.228. The molecule has 1 unspecified atom stereocenters. The molecule has 135 valence electrons. The molecule has 2 nitrogen and oxygen atoms in total. The second-order valence-electron chi connectivity index (χ2n) is 7.72. The van der Waals surface area contributed by atoms with E-state index in [2.05, 4.69) is 53.8 Å². The number of benzene rings is 1. The fraction of sp³-hybridized carbons (Fsp3) is 0.500. The zero-order valence-electron chi connectivity index (χ0n) is 16.8. The third kappa shape index (κ3) is 3.52. The lowest BCUT2D eigenvalue weighted by atomic mass is 9.86. The highest BCUT2D eigenvalue weighted by Gasteiger charge is 2.30. The fourth-order valence-corrected chi connectivity index (χ4v) is 6.03. The van der Waals surface area contributed by atoms with Crippen molar-refractivity contribution in [1.29, 1.82) is 0 Å². The van der Waals surface area contributed by atoms with Gasteiger partial charge in [0.05, 0.1) is 8.80 Å². The number of aryl methyl sites for hydroxylation is 1. The average molecular weight is 355 g/mol. The largest absolute Gasteiger partial charge is 0.270 e. The van der Waals surface area contributed by atoms with E-state index in [4.69, 9.17) is 5.73 Å². The smallest absolute Gasteiger partial charge is 0.267 e. The number of hydrogen-bond donors (Lipinski definition) is 0. The Morgan fingerprint density at radius 1 is 1.16 bits per heavy atom. The zero-order chi connectivity index (χ0) is 18.9. The van der Waals surface area contributed by atoms with Gasteiger partial charge in [0.2, 0.25) is 0 Å². The highest BCUT2D eigenvalue weighted by Crippen LogP contribution is 2.43. The van der Waals surface area contributed by atoms with E-state index in [9.17, 15) is 4.79 Å².